The lowest BCUT2D eigenvalue weighted by Gasteiger charge is -2.31. The molecule has 1 aliphatic rings. The SMILES string of the molecule is Cc1ncc(C(C(=O)O)N2CCOCC2)n1C. The minimum Gasteiger partial charge on any atom is -0.480 e. The van der Waals surface area contributed by atoms with Gasteiger partial charge in [0.15, 0.2) is 6.04 Å². The molecule has 17 heavy (non-hydrogen) atoms. The Hall–Kier alpha value is -1.40. The molecule has 1 unspecified atom stereocenters. The molecule has 0 amide bonds. The van der Waals surface area contributed by atoms with Crippen molar-refractivity contribution in [1.29, 1.82) is 0 Å². The zero-order chi connectivity index (χ0) is 12.4. The Morgan fingerprint density at radius 3 is 2.65 bits per heavy atom. The van der Waals surface area contributed by atoms with Crippen LogP contribution in [-0.4, -0.2) is 51.8 Å². The predicted molar refractivity (Wildman–Crippen MR) is 60.7 cm³/mol. The van der Waals surface area contributed by atoms with Gasteiger partial charge in [0.2, 0.25) is 0 Å². The van der Waals surface area contributed by atoms with Crippen molar-refractivity contribution in [3.63, 3.8) is 0 Å². The van der Waals surface area contributed by atoms with Crippen LogP contribution >= 0.6 is 0 Å². The van der Waals surface area contributed by atoms with Gasteiger partial charge in [-0.3, -0.25) is 9.69 Å². The molecule has 6 heteroatoms. The van der Waals surface area contributed by atoms with E-state index in [2.05, 4.69) is 4.98 Å². The molecular formula is C11H17N3O3. The highest BCUT2D eigenvalue weighted by molar-refractivity contribution is 5.75. The third-order valence-corrected chi connectivity index (χ3v) is 3.18. The third kappa shape index (κ3) is 2.32. The summed E-state index contributed by atoms with van der Waals surface area (Å²) in [6.07, 6.45) is 1.64. The molecule has 0 radical (unpaired) electrons. The van der Waals surface area contributed by atoms with Crippen LogP contribution in [0.15, 0.2) is 6.20 Å². The zero-order valence-electron chi connectivity index (χ0n) is 10.1. The average Bonchev–Trinajstić information content (AvgIpc) is 2.63. The fourth-order valence-corrected chi connectivity index (χ4v) is 2.08. The summed E-state index contributed by atoms with van der Waals surface area (Å²) in [5.41, 5.74) is 0.719. The fourth-order valence-electron chi connectivity index (χ4n) is 2.08. The van der Waals surface area contributed by atoms with Crippen LogP contribution in [0.3, 0.4) is 0 Å². The molecule has 94 valence electrons. The van der Waals surface area contributed by atoms with Crippen molar-refractivity contribution < 1.29 is 14.6 Å². The van der Waals surface area contributed by atoms with Crippen LogP contribution in [-0.2, 0) is 16.6 Å². The second-order valence-corrected chi connectivity index (χ2v) is 4.18. The van der Waals surface area contributed by atoms with Crippen LogP contribution in [0, 0.1) is 6.92 Å². The maximum atomic E-state index is 11.4. The standard InChI is InChI=1S/C11H17N3O3/c1-8-12-7-9(13(8)2)10(11(15)16)14-3-5-17-6-4-14/h7,10H,3-6H2,1-2H3,(H,15,16). The normalized spacial score (nSPS) is 19.2. The van der Waals surface area contributed by atoms with Gasteiger partial charge in [-0.1, -0.05) is 0 Å². The van der Waals surface area contributed by atoms with Gasteiger partial charge in [-0.05, 0) is 6.92 Å². The minimum absolute atomic E-state index is 0.584. The zero-order valence-corrected chi connectivity index (χ0v) is 10.1. The number of rotatable bonds is 3. The fraction of sp³-hybridized carbons (Fsp3) is 0.636. The van der Waals surface area contributed by atoms with Gasteiger partial charge in [-0.2, -0.15) is 0 Å². The molecular weight excluding hydrogens is 222 g/mol. The lowest BCUT2D eigenvalue weighted by Crippen LogP contribution is -2.42. The molecule has 2 rings (SSSR count). The molecule has 2 heterocycles. The van der Waals surface area contributed by atoms with Crippen molar-refractivity contribution in [2.24, 2.45) is 7.05 Å². The van der Waals surface area contributed by atoms with Crippen molar-refractivity contribution in [1.82, 2.24) is 14.5 Å². The van der Waals surface area contributed by atoms with Crippen molar-refractivity contribution in [3.8, 4) is 0 Å². The molecule has 1 aromatic heterocycles. The number of ether oxygens (including phenoxy) is 1. The smallest absolute Gasteiger partial charge is 0.327 e. The van der Waals surface area contributed by atoms with E-state index in [1.807, 2.05) is 23.4 Å². The highest BCUT2D eigenvalue weighted by Gasteiger charge is 2.31. The van der Waals surface area contributed by atoms with Gasteiger partial charge in [-0.25, -0.2) is 4.98 Å². The van der Waals surface area contributed by atoms with Crippen molar-refractivity contribution in [3.05, 3.63) is 17.7 Å². The molecule has 0 aromatic carbocycles. The summed E-state index contributed by atoms with van der Waals surface area (Å²) in [6, 6.07) is -0.634. The Bertz CT molecular complexity index is 410. The van der Waals surface area contributed by atoms with E-state index < -0.39 is 12.0 Å². The third-order valence-electron chi connectivity index (χ3n) is 3.18. The highest BCUT2D eigenvalue weighted by atomic mass is 16.5. The molecule has 6 nitrogen and oxygen atoms in total. The van der Waals surface area contributed by atoms with Crippen LogP contribution in [0.1, 0.15) is 17.6 Å². The Morgan fingerprint density at radius 2 is 2.18 bits per heavy atom. The van der Waals surface area contributed by atoms with Gasteiger partial charge in [0, 0.05) is 20.1 Å². The summed E-state index contributed by atoms with van der Waals surface area (Å²) >= 11 is 0. The Kier molecular flexibility index (Phi) is 3.44. The molecule has 1 aromatic rings. The summed E-state index contributed by atoms with van der Waals surface area (Å²) in [4.78, 5) is 17.5. The van der Waals surface area contributed by atoms with Crippen LogP contribution < -0.4 is 0 Å². The van der Waals surface area contributed by atoms with Crippen LogP contribution in [0.5, 0.6) is 0 Å². The van der Waals surface area contributed by atoms with Gasteiger partial charge >= 0.3 is 5.97 Å². The quantitative estimate of drug-likeness (QED) is 0.815. The van der Waals surface area contributed by atoms with E-state index in [1.54, 1.807) is 6.20 Å². The first kappa shape index (κ1) is 12.1. The van der Waals surface area contributed by atoms with E-state index in [1.165, 1.54) is 0 Å². The molecule has 0 aliphatic carbocycles. The molecule has 1 aliphatic heterocycles. The largest absolute Gasteiger partial charge is 0.480 e. The summed E-state index contributed by atoms with van der Waals surface area (Å²) in [5, 5.41) is 9.39. The van der Waals surface area contributed by atoms with Gasteiger partial charge in [0.05, 0.1) is 25.1 Å². The van der Waals surface area contributed by atoms with Gasteiger partial charge in [-0.15, -0.1) is 0 Å². The molecule has 0 spiro atoms. The van der Waals surface area contributed by atoms with E-state index in [-0.39, 0.29) is 0 Å². The van der Waals surface area contributed by atoms with Gasteiger partial charge in [0.1, 0.15) is 5.82 Å². The molecule has 1 fully saturated rings. The topological polar surface area (TPSA) is 67.6 Å². The Morgan fingerprint density at radius 1 is 1.53 bits per heavy atom. The molecule has 0 saturated carbocycles. The number of nitrogens with zero attached hydrogens (tertiary/aromatic N) is 3. The maximum absolute atomic E-state index is 11.4. The number of aliphatic carboxylic acids is 1. The van der Waals surface area contributed by atoms with E-state index >= 15 is 0 Å². The number of carboxylic acid groups (broad SMARTS) is 1. The first-order valence-corrected chi connectivity index (χ1v) is 5.64. The number of aromatic nitrogens is 2. The van der Waals surface area contributed by atoms with E-state index in [4.69, 9.17) is 4.74 Å². The monoisotopic (exact) mass is 239 g/mol. The summed E-state index contributed by atoms with van der Waals surface area (Å²) in [6.45, 7) is 4.31. The van der Waals surface area contributed by atoms with Crippen molar-refractivity contribution in [2.75, 3.05) is 26.3 Å². The molecule has 1 saturated heterocycles. The van der Waals surface area contributed by atoms with Crippen LogP contribution in [0.25, 0.3) is 0 Å². The number of hydrogen-bond donors (Lipinski definition) is 1. The molecule has 0 bridgehead atoms. The summed E-state index contributed by atoms with van der Waals surface area (Å²) < 4.78 is 7.07. The lowest BCUT2D eigenvalue weighted by molar-refractivity contribution is -0.145. The van der Waals surface area contributed by atoms with E-state index in [0.29, 0.717) is 26.3 Å². The first-order valence-electron chi connectivity index (χ1n) is 5.64. The predicted octanol–water partition coefficient (Wildman–Crippen LogP) is 0.186. The van der Waals surface area contributed by atoms with Crippen molar-refractivity contribution in [2.45, 2.75) is 13.0 Å². The lowest BCUT2D eigenvalue weighted by atomic mass is 10.1. The Labute approximate surface area is 99.8 Å². The van der Waals surface area contributed by atoms with Crippen molar-refractivity contribution >= 4 is 5.97 Å². The number of carbonyl (C=O) groups is 1. The number of hydrogen-bond acceptors (Lipinski definition) is 4. The highest BCUT2D eigenvalue weighted by Crippen LogP contribution is 2.22. The maximum Gasteiger partial charge on any atom is 0.327 e. The van der Waals surface area contributed by atoms with Gasteiger partial charge < -0.3 is 14.4 Å². The molecule has 1 atom stereocenters. The Balaban J connectivity index is 2.28. The van der Waals surface area contributed by atoms with E-state index in [0.717, 1.165) is 11.5 Å². The second-order valence-electron chi connectivity index (χ2n) is 4.18. The van der Waals surface area contributed by atoms with E-state index in [9.17, 15) is 9.90 Å². The number of carboxylic acids is 1. The first-order chi connectivity index (χ1) is 8.11. The average molecular weight is 239 g/mol. The van der Waals surface area contributed by atoms with Crippen LogP contribution in [0.4, 0.5) is 0 Å². The molecule has 1 N–H and O–H groups in total. The number of imidazole rings is 1. The van der Waals surface area contributed by atoms with Crippen LogP contribution in [0.2, 0.25) is 0 Å². The van der Waals surface area contributed by atoms with Gasteiger partial charge in [0.25, 0.3) is 0 Å². The number of aryl methyl sites for hydroxylation is 1. The minimum atomic E-state index is -0.838. The second kappa shape index (κ2) is 4.85. The summed E-state index contributed by atoms with van der Waals surface area (Å²) in [7, 11) is 1.84. The summed E-state index contributed by atoms with van der Waals surface area (Å²) in [5.74, 6) is -0.0191. The number of morpholine rings is 1.